The van der Waals surface area contributed by atoms with E-state index in [4.69, 9.17) is 18.9 Å². The van der Waals surface area contributed by atoms with E-state index in [1.54, 1.807) is 4.90 Å². The quantitative estimate of drug-likeness (QED) is 0.196. The lowest BCUT2D eigenvalue weighted by atomic mass is 9.98. The fraction of sp³-hybridized carbons (Fsp3) is 0.474. The number of aromatic nitrogens is 4. The molecule has 1 saturated carbocycles. The Kier molecular flexibility index (Phi) is 7.31. The van der Waals surface area contributed by atoms with E-state index < -0.39 is 11.2 Å². The van der Waals surface area contributed by atoms with Crippen molar-refractivity contribution in [2.24, 2.45) is 5.92 Å². The number of fused-ring (bicyclic) bond motifs is 5. The summed E-state index contributed by atoms with van der Waals surface area (Å²) in [5, 5.41) is 2.05. The predicted octanol–water partition coefficient (Wildman–Crippen LogP) is 8.90. The van der Waals surface area contributed by atoms with Gasteiger partial charge < -0.3 is 23.9 Å². The Bertz CT molecular complexity index is 2060. The van der Waals surface area contributed by atoms with Crippen molar-refractivity contribution in [1.82, 2.24) is 29.7 Å². The zero-order chi connectivity index (χ0) is 34.2. The van der Waals surface area contributed by atoms with Gasteiger partial charge in [0.05, 0.1) is 35.9 Å². The summed E-state index contributed by atoms with van der Waals surface area (Å²) >= 11 is 0. The molecule has 5 heterocycles. The number of furan rings is 1. The lowest BCUT2D eigenvalue weighted by molar-refractivity contribution is 0.00613. The highest BCUT2D eigenvalue weighted by atomic mass is 16.6. The van der Waals surface area contributed by atoms with E-state index in [0.29, 0.717) is 12.5 Å². The fourth-order valence-electron chi connectivity index (χ4n) is 7.91. The summed E-state index contributed by atoms with van der Waals surface area (Å²) in [7, 11) is 0. The zero-order valence-electron chi connectivity index (χ0n) is 29.0. The smallest absolute Gasteiger partial charge is 0.411 e. The van der Waals surface area contributed by atoms with Gasteiger partial charge in [0.2, 0.25) is 0 Å². The number of aromatic amines is 2. The molecule has 2 aromatic carbocycles. The van der Waals surface area contributed by atoms with Gasteiger partial charge in [-0.25, -0.2) is 19.6 Å². The maximum absolute atomic E-state index is 13.2. The van der Waals surface area contributed by atoms with Gasteiger partial charge in [-0.1, -0.05) is 12.1 Å². The van der Waals surface area contributed by atoms with Crippen LogP contribution in [0.4, 0.5) is 9.59 Å². The summed E-state index contributed by atoms with van der Waals surface area (Å²) < 4.78 is 17.9. The number of benzene rings is 2. The molecule has 2 saturated heterocycles. The van der Waals surface area contributed by atoms with Crippen molar-refractivity contribution in [3.8, 4) is 22.5 Å². The second-order valence-electron chi connectivity index (χ2n) is 15.8. The molecule has 1 aliphatic carbocycles. The van der Waals surface area contributed by atoms with E-state index in [9.17, 15) is 9.59 Å². The molecular formula is C38H44N6O5. The second-order valence-corrected chi connectivity index (χ2v) is 15.8. The molecule has 3 aliphatic rings. The minimum absolute atomic E-state index is 0.118. The number of H-pyrrole nitrogens is 2. The van der Waals surface area contributed by atoms with Crippen LogP contribution in [-0.2, 0) is 9.47 Å². The largest absolute Gasteiger partial charge is 0.456 e. The average Bonchev–Trinajstić information content (AvgIpc) is 3.87. The van der Waals surface area contributed by atoms with Gasteiger partial charge >= 0.3 is 12.2 Å². The van der Waals surface area contributed by atoms with E-state index in [0.717, 1.165) is 88.2 Å². The highest BCUT2D eigenvalue weighted by Gasteiger charge is 2.51. The third-order valence-electron chi connectivity index (χ3n) is 9.95. The molecule has 2 aliphatic heterocycles. The molecule has 8 rings (SSSR count). The Morgan fingerprint density at radius 3 is 2.02 bits per heavy atom. The standard InChI is InChI=1S/C38H44N6O5/c1-37(2,3)48-35(45)43-15-7-8-29(43)33-39-19-27(41-33)21-10-13-25-26-14-11-22(18-31(26)47-30(25)17-21)28-20-40-34(42-28)32-23-9-12-24(16-23)44(32)36(46)49-38(4,5)6/h10-11,13-14,17-20,23-24,29,32H,7-9,12,15-16H2,1-6H3,(H,39,41)(H,40,42). The number of ether oxygens (including phenoxy) is 2. The van der Waals surface area contributed by atoms with Gasteiger partial charge in [0.25, 0.3) is 0 Å². The first-order valence-electron chi connectivity index (χ1n) is 17.4. The van der Waals surface area contributed by atoms with E-state index in [1.807, 2.05) is 71.0 Å². The Labute approximate surface area is 285 Å². The molecule has 11 nitrogen and oxygen atoms in total. The van der Waals surface area contributed by atoms with Crippen LogP contribution in [0.15, 0.2) is 53.2 Å². The normalized spacial score (nSPS) is 22.5. The van der Waals surface area contributed by atoms with Gasteiger partial charge in [-0.05, 0) is 104 Å². The van der Waals surface area contributed by atoms with Crippen LogP contribution in [0.3, 0.4) is 0 Å². The third-order valence-corrected chi connectivity index (χ3v) is 9.95. The second kappa shape index (κ2) is 11.4. The summed E-state index contributed by atoms with van der Waals surface area (Å²) in [5.74, 6) is 1.93. The number of hydrogen-bond donors (Lipinski definition) is 2. The van der Waals surface area contributed by atoms with Crippen LogP contribution in [0.2, 0.25) is 0 Å². The molecule has 49 heavy (non-hydrogen) atoms. The molecular weight excluding hydrogens is 620 g/mol. The molecule has 2 bridgehead atoms. The number of hydrogen-bond acceptors (Lipinski definition) is 7. The Balaban J connectivity index is 1.03. The third kappa shape index (κ3) is 5.82. The number of nitrogens with zero attached hydrogens (tertiary/aromatic N) is 4. The van der Waals surface area contributed by atoms with Gasteiger partial charge in [-0.2, -0.15) is 0 Å². The van der Waals surface area contributed by atoms with E-state index in [2.05, 4.69) is 39.2 Å². The molecule has 2 amide bonds. The van der Waals surface area contributed by atoms with Crippen molar-refractivity contribution in [3.63, 3.8) is 0 Å². The van der Waals surface area contributed by atoms with Crippen molar-refractivity contribution in [2.75, 3.05) is 6.54 Å². The van der Waals surface area contributed by atoms with Crippen LogP contribution in [0.1, 0.15) is 97.4 Å². The van der Waals surface area contributed by atoms with Crippen molar-refractivity contribution in [2.45, 2.75) is 103 Å². The highest BCUT2D eigenvalue weighted by molar-refractivity contribution is 6.06. The van der Waals surface area contributed by atoms with Gasteiger partial charge in [0, 0.05) is 34.5 Å². The Morgan fingerprint density at radius 1 is 0.796 bits per heavy atom. The Hall–Kier alpha value is -4.80. The first-order valence-corrected chi connectivity index (χ1v) is 17.4. The maximum atomic E-state index is 13.2. The lowest BCUT2D eigenvalue weighted by Gasteiger charge is -2.35. The van der Waals surface area contributed by atoms with Crippen molar-refractivity contribution < 1.29 is 23.5 Å². The van der Waals surface area contributed by atoms with Gasteiger partial charge in [0.1, 0.15) is 34.0 Å². The molecule has 5 aromatic rings. The number of imidazole rings is 2. The lowest BCUT2D eigenvalue weighted by Crippen LogP contribution is -2.43. The number of carbonyl (C=O) groups is 2. The van der Waals surface area contributed by atoms with Crippen LogP contribution in [0.25, 0.3) is 44.5 Å². The topological polar surface area (TPSA) is 130 Å². The number of piperidine rings is 1. The van der Waals surface area contributed by atoms with Crippen molar-refractivity contribution in [1.29, 1.82) is 0 Å². The summed E-state index contributed by atoms with van der Waals surface area (Å²) in [6.45, 7) is 12.0. The maximum Gasteiger partial charge on any atom is 0.411 e. The van der Waals surface area contributed by atoms with Gasteiger partial charge in [-0.15, -0.1) is 0 Å². The summed E-state index contributed by atoms with van der Waals surface area (Å²) in [6.07, 6.45) is 7.90. The van der Waals surface area contributed by atoms with Crippen LogP contribution < -0.4 is 0 Å². The molecule has 0 radical (unpaired) electrons. The minimum Gasteiger partial charge on any atom is -0.456 e. The molecule has 4 atom stereocenters. The average molecular weight is 665 g/mol. The summed E-state index contributed by atoms with van der Waals surface area (Å²) in [6, 6.07) is 12.3. The summed E-state index contributed by atoms with van der Waals surface area (Å²) in [5.41, 5.74) is 4.10. The highest BCUT2D eigenvalue weighted by Crippen LogP contribution is 2.50. The number of nitrogens with one attached hydrogen (secondary N) is 2. The van der Waals surface area contributed by atoms with Crippen LogP contribution in [-0.4, -0.2) is 65.7 Å². The number of carbonyl (C=O) groups excluding carboxylic acids is 2. The van der Waals surface area contributed by atoms with Gasteiger partial charge in [-0.3, -0.25) is 9.80 Å². The molecule has 4 unspecified atom stereocenters. The molecule has 3 fully saturated rings. The number of likely N-dealkylation sites (tertiary alicyclic amines) is 2. The fourth-order valence-corrected chi connectivity index (χ4v) is 7.91. The molecule has 2 N–H and O–H groups in total. The zero-order valence-corrected chi connectivity index (χ0v) is 29.0. The first kappa shape index (κ1) is 31.5. The Morgan fingerprint density at radius 2 is 1.39 bits per heavy atom. The van der Waals surface area contributed by atoms with Crippen LogP contribution in [0.5, 0.6) is 0 Å². The SMILES string of the molecule is CC(C)(C)OC(=O)N1CCCC1c1ncc(-c2ccc3c(c2)oc2cc(-c4cnc(C5C6CCC(C6)N5C(=O)OC(C)(C)C)[nH]4)ccc23)[nH]1. The molecule has 0 spiro atoms. The van der Waals surface area contributed by atoms with Gasteiger partial charge in [0.15, 0.2) is 0 Å². The summed E-state index contributed by atoms with van der Waals surface area (Å²) in [4.78, 5) is 46.2. The molecule has 3 aromatic heterocycles. The molecule has 11 heteroatoms. The monoisotopic (exact) mass is 664 g/mol. The van der Waals surface area contributed by atoms with E-state index in [1.165, 1.54) is 0 Å². The van der Waals surface area contributed by atoms with Crippen LogP contribution in [0, 0.1) is 5.92 Å². The van der Waals surface area contributed by atoms with E-state index >= 15 is 0 Å². The minimum atomic E-state index is -0.553. The van der Waals surface area contributed by atoms with Crippen LogP contribution >= 0.6 is 0 Å². The predicted molar refractivity (Wildman–Crippen MR) is 186 cm³/mol. The van der Waals surface area contributed by atoms with Crippen molar-refractivity contribution in [3.05, 3.63) is 60.4 Å². The number of amides is 2. The van der Waals surface area contributed by atoms with Crippen molar-refractivity contribution >= 4 is 34.1 Å². The first-order chi connectivity index (χ1) is 23.3. The number of rotatable bonds is 4. The molecule has 256 valence electrons. The van der Waals surface area contributed by atoms with E-state index in [-0.39, 0.29) is 30.3 Å².